The molecule has 0 unspecified atom stereocenters. The van der Waals surface area contributed by atoms with Crippen molar-refractivity contribution in [3.05, 3.63) is 41.0 Å². The Morgan fingerprint density at radius 3 is 2.55 bits per heavy atom. The normalized spacial score (nSPS) is 29.0. The molecule has 4 aliphatic rings. The van der Waals surface area contributed by atoms with Crippen LogP contribution in [0.2, 0.25) is 0 Å². The lowest BCUT2D eigenvalue weighted by Gasteiger charge is -2.54. The van der Waals surface area contributed by atoms with E-state index in [9.17, 15) is 4.79 Å². The lowest BCUT2D eigenvalue weighted by molar-refractivity contribution is -0.121. The van der Waals surface area contributed by atoms with Crippen molar-refractivity contribution < 1.29 is 9.32 Å². The van der Waals surface area contributed by atoms with Crippen molar-refractivity contribution in [2.45, 2.75) is 58.8 Å². The highest BCUT2D eigenvalue weighted by Crippen LogP contribution is 2.57. The van der Waals surface area contributed by atoms with Gasteiger partial charge < -0.3 is 14.8 Å². The number of carbonyl (C=O) groups is 1. The first-order valence-corrected chi connectivity index (χ1v) is 11.7. The zero-order valence-corrected chi connectivity index (χ0v) is 18.3. The van der Waals surface area contributed by atoms with Gasteiger partial charge in [-0.1, -0.05) is 5.16 Å². The minimum Gasteiger partial charge on any atom is -0.361 e. The molecule has 3 aromatic rings. The lowest BCUT2D eigenvalue weighted by atomic mass is 9.51. The minimum atomic E-state index is 0.160. The molecule has 2 heterocycles. The molecule has 2 aromatic heterocycles. The average molecular weight is 419 g/mol. The van der Waals surface area contributed by atoms with Gasteiger partial charge in [0.1, 0.15) is 11.6 Å². The van der Waals surface area contributed by atoms with Crippen LogP contribution in [0.3, 0.4) is 0 Å². The van der Waals surface area contributed by atoms with Crippen molar-refractivity contribution in [3.8, 4) is 0 Å². The van der Waals surface area contributed by atoms with Crippen LogP contribution in [0.25, 0.3) is 11.0 Å². The second-order valence-corrected chi connectivity index (χ2v) is 10.2. The van der Waals surface area contributed by atoms with E-state index in [1.165, 1.54) is 32.1 Å². The monoisotopic (exact) mass is 418 g/mol. The summed E-state index contributed by atoms with van der Waals surface area (Å²) in [6.07, 6.45) is 8.22. The Bertz CT molecular complexity index is 1100. The van der Waals surface area contributed by atoms with E-state index in [2.05, 4.69) is 15.5 Å². The second kappa shape index (κ2) is 7.21. The van der Waals surface area contributed by atoms with Gasteiger partial charge in [-0.15, -0.1) is 0 Å². The van der Waals surface area contributed by atoms with Gasteiger partial charge in [-0.3, -0.25) is 4.79 Å². The van der Waals surface area contributed by atoms with Crippen LogP contribution in [0.4, 0.5) is 5.69 Å². The molecule has 2 N–H and O–H groups in total. The summed E-state index contributed by atoms with van der Waals surface area (Å²) in [5.74, 6) is 5.91. The van der Waals surface area contributed by atoms with Crippen LogP contribution in [0.15, 0.2) is 22.7 Å². The highest BCUT2D eigenvalue weighted by atomic mass is 16.5. The van der Waals surface area contributed by atoms with Gasteiger partial charge in [0, 0.05) is 24.1 Å². The molecular formula is C25H30N4O2. The van der Waals surface area contributed by atoms with Crippen LogP contribution < -0.4 is 5.32 Å². The molecular weight excluding hydrogens is 388 g/mol. The van der Waals surface area contributed by atoms with Gasteiger partial charge in [0.05, 0.1) is 16.7 Å². The number of rotatable bonds is 5. The lowest BCUT2D eigenvalue weighted by Crippen LogP contribution is -2.46. The second-order valence-electron chi connectivity index (χ2n) is 10.2. The number of nitrogens with one attached hydrogen (secondary N) is 2. The van der Waals surface area contributed by atoms with Crippen molar-refractivity contribution in [1.29, 1.82) is 0 Å². The summed E-state index contributed by atoms with van der Waals surface area (Å²) in [4.78, 5) is 21.0. The van der Waals surface area contributed by atoms with E-state index in [0.29, 0.717) is 18.8 Å². The van der Waals surface area contributed by atoms with Gasteiger partial charge in [0.25, 0.3) is 0 Å². The summed E-state index contributed by atoms with van der Waals surface area (Å²) < 4.78 is 5.26. The van der Waals surface area contributed by atoms with Crippen molar-refractivity contribution in [2.75, 3.05) is 5.32 Å². The average Bonchev–Trinajstić information content (AvgIpc) is 3.27. The number of anilines is 1. The molecule has 4 fully saturated rings. The maximum atomic E-state index is 12.9. The quantitative estimate of drug-likeness (QED) is 0.599. The molecule has 6 nitrogen and oxygen atoms in total. The fraction of sp³-hybridized carbons (Fsp3) is 0.560. The van der Waals surface area contributed by atoms with E-state index in [0.717, 1.165) is 63.2 Å². The van der Waals surface area contributed by atoms with Gasteiger partial charge in [0.2, 0.25) is 5.91 Å². The molecule has 7 rings (SSSR count). The molecule has 0 spiro atoms. The number of hydrogen-bond acceptors (Lipinski definition) is 4. The van der Waals surface area contributed by atoms with Gasteiger partial charge in [0.15, 0.2) is 0 Å². The Morgan fingerprint density at radius 2 is 1.87 bits per heavy atom. The number of benzene rings is 1. The molecule has 0 atom stereocenters. The highest BCUT2D eigenvalue weighted by Gasteiger charge is 2.48. The van der Waals surface area contributed by atoms with E-state index >= 15 is 0 Å². The smallest absolute Gasteiger partial charge is 0.224 e. The molecule has 162 valence electrons. The van der Waals surface area contributed by atoms with Crippen LogP contribution in [-0.2, 0) is 11.2 Å². The molecule has 31 heavy (non-hydrogen) atoms. The molecule has 1 amide bonds. The molecule has 0 saturated heterocycles. The van der Waals surface area contributed by atoms with Crippen LogP contribution in [-0.4, -0.2) is 21.0 Å². The zero-order chi connectivity index (χ0) is 21.1. The summed E-state index contributed by atoms with van der Waals surface area (Å²) >= 11 is 0. The Kier molecular flexibility index (Phi) is 4.44. The Balaban J connectivity index is 1.14. The number of aromatic amines is 1. The van der Waals surface area contributed by atoms with Gasteiger partial charge in [-0.25, -0.2) is 4.98 Å². The zero-order valence-electron chi connectivity index (χ0n) is 18.3. The molecule has 4 bridgehead atoms. The molecule has 1 aromatic carbocycles. The number of aromatic nitrogens is 3. The number of imidazole rings is 1. The standard InChI is InChI=1S/C25H30N4O2/c1-13-20(14(2)31-29-13)11-24-27-22-4-3-19(10-23(22)28-24)26-25(30)12-21-17-6-15-5-16(8-17)9-18(21)7-15/h3-4,10,15-18,21H,5-9,11-12H2,1-2H3,(H,26,30)(H,27,28). The SMILES string of the molecule is Cc1noc(C)c1Cc1nc2ccc(NC(=O)CC3C4CC5CC(C4)CC3C5)cc2[nH]1. The number of nitrogens with zero attached hydrogens (tertiary/aromatic N) is 2. The predicted octanol–water partition coefficient (Wildman–Crippen LogP) is 5.16. The summed E-state index contributed by atoms with van der Waals surface area (Å²) in [7, 11) is 0. The third-order valence-corrected chi connectivity index (χ3v) is 8.18. The van der Waals surface area contributed by atoms with E-state index in [1.807, 2.05) is 32.0 Å². The molecule has 4 saturated carbocycles. The number of aryl methyl sites for hydroxylation is 2. The minimum absolute atomic E-state index is 0.160. The third-order valence-electron chi connectivity index (χ3n) is 8.18. The number of H-pyrrole nitrogens is 1. The largest absolute Gasteiger partial charge is 0.361 e. The first kappa shape index (κ1) is 19.1. The topological polar surface area (TPSA) is 83.8 Å². The fourth-order valence-corrected chi connectivity index (χ4v) is 6.94. The number of carbonyl (C=O) groups excluding carboxylic acids is 1. The summed E-state index contributed by atoms with van der Waals surface area (Å²) in [5, 5.41) is 7.18. The van der Waals surface area contributed by atoms with Crippen LogP contribution in [0.1, 0.15) is 61.4 Å². The Labute approximate surface area is 182 Å². The van der Waals surface area contributed by atoms with Gasteiger partial charge >= 0.3 is 0 Å². The van der Waals surface area contributed by atoms with Crippen molar-refractivity contribution in [3.63, 3.8) is 0 Å². The van der Waals surface area contributed by atoms with E-state index in [-0.39, 0.29) is 5.91 Å². The number of amides is 1. The van der Waals surface area contributed by atoms with E-state index < -0.39 is 0 Å². The summed E-state index contributed by atoms with van der Waals surface area (Å²) in [5.41, 5.74) is 4.66. The van der Waals surface area contributed by atoms with Crippen molar-refractivity contribution >= 4 is 22.6 Å². The first-order valence-electron chi connectivity index (χ1n) is 11.7. The summed E-state index contributed by atoms with van der Waals surface area (Å²) in [6.45, 7) is 3.88. The van der Waals surface area contributed by atoms with E-state index in [1.54, 1.807) is 0 Å². The molecule has 0 aliphatic heterocycles. The number of fused-ring (bicyclic) bond motifs is 1. The van der Waals surface area contributed by atoms with Gasteiger partial charge in [-0.2, -0.15) is 0 Å². The van der Waals surface area contributed by atoms with Crippen LogP contribution in [0.5, 0.6) is 0 Å². The summed E-state index contributed by atoms with van der Waals surface area (Å²) in [6, 6.07) is 5.92. The third kappa shape index (κ3) is 3.46. The maximum absolute atomic E-state index is 12.9. The Hall–Kier alpha value is -2.63. The fourth-order valence-electron chi connectivity index (χ4n) is 6.94. The van der Waals surface area contributed by atoms with Crippen LogP contribution in [0, 0.1) is 43.4 Å². The van der Waals surface area contributed by atoms with Crippen molar-refractivity contribution in [1.82, 2.24) is 15.1 Å². The number of hydrogen-bond donors (Lipinski definition) is 2. The molecule has 6 heteroatoms. The first-order chi connectivity index (χ1) is 15.0. The predicted molar refractivity (Wildman–Crippen MR) is 119 cm³/mol. The molecule has 0 radical (unpaired) electrons. The van der Waals surface area contributed by atoms with E-state index in [4.69, 9.17) is 9.51 Å². The maximum Gasteiger partial charge on any atom is 0.224 e. The van der Waals surface area contributed by atoms with Crippen molar-refractivity contribution in [2.24, 2.45) is 29.6 Å². The highest BCUT2D eigenvalue weighted by molar-refractivity contribution is 5.93. The van der Waals surface area contributed by atoms with Gasteiger partial charge in [-0.05, 0) is 93.7 Å². The molecule has 4 aliphatic carbocycles. The van der Waals surface area contributed by atoms with Crippen LogP contribution >= 0.6 is 0 Å². The Morgan fingerprint density at radius 1 is 1.13 bits per heavy atom.